The first-order valence-corrected chi connectivity index (χ1v) is 10.7. The van der Waals surface area contributed by atoms with Crippen molar-refractivity contribution in [2.45, 2.75) is 40.0 Å². The fraction of sp³-hybridized carbons (Fsp3) is 0.423. The maximum Gasteiger partial charge on any atom is 0.209 e. The van der Waals surface area contributed by atoms with Crippen molar-refractivity contribution in [2.24, 2.45) is 0 Å². The molecule has 1 aliphatic heterocycles. The second kappa shape index (κ2) is 8.96. The van der Waals surface area contributed by atoms with Crippen LogP contribution in [0, 0.1) is 6.92 Å². The number of para-hydroxylation sites is 1. The van der Waals surface area contributed by atoms with Crippen LogP contribution in [0.3, 0.4) is 0 Å². The molecule has 29 heavy (non-hydrogen) atoms. The van der Waals surface area contributed by atoms with E-state index in [2.05, 4.69) is 98.8 Å². The Balaban J connectivity index is 1.82. The Kier molecular flexibility index (Phi) is 6.59. The lowest BCUT2D eigenvalue weighted by Crippen LogP contribution is -2.27. The third-order valence-electron chi connectivity index (χ3n) is 6.07. The van der Waals surface area contributed by atoms with Gasteiger partial charge in [-0.15, -0.1) is 0 Å². The first-order chi connectivity index (χ1) is 13.9. The van der Waals surface area contributed by atoms with Crippen molar-refractivity contribution in [3.8, 4) is 0 Å². The zero-order valence-corrected chi connectivity index (χ0v) is 18.8. The number of hydrogen-bond acceptors (Lipinski definition) is 2. The molecule has 3 heteroatoms. The van der Waals surface area contributed by atoms with Gasteiger partial charge in [-0.1, -0.05) is 24.3 Å². The molecule has 0 radical (unpaired) electrons. The minimum absolute atomic E-state index is 0.00791. The van der Waals surface area contributed by atoms with Gasteiger partial charge in [0.15, 0.2) is 5.71 Å². The monoisotopic (exact) mass is 391 g/mol. The maximum atomic E-state index is 5.53. The molecule has 0 unspecified atom stereocenters. The normalized spacial score (nSPS) is 15.2. The minimum Gasteiger partial charge on any atom is -0.380 e. The number of anilines is 1. The lowest BCUT2D eigenvalue weighted by atomic mass is 9.81. The van der Waals surface area contributed by atoms with Gasteiger partial charge in [0, 0.05) is 43.1 Å². The number of rotatable bonds is 8. The molecule has 1 aliphatic rings. The summed E-state index contributed by atoms with van der Waals surface area (Å²) in [6, 6.07) is 15.5. The van der Waals surface area contributed by atoms with Crippen molar-refractivity contribution >= 4 is 23.2 Å². The fourth-order valence-electron chi connectivity index (χ4n) is 4.30. The van der Waals surface area contributed by atoms with E-state index in [0.717, 1.165) is 26.3 Å². The molecule has 0 spiro atoms. The van der Waals surface area contributed by atoms with Crippen LogP contribution >= 0.6 is 0 Å². The third kappa shape index (κ3) is 4.30. The number of ether oxygens (including phenoxy) is 1. The number of nitrogens with zero attached hydrogens (tertiary/aromatic N) is 2. The first kappa shape index (κ1) is 21.3. The van der Waals surface area contributed by atoms with Gasteiger partial charge in [-0.3, -0.25) is 0 Å². The molecule has 154 valence electrons. The Hall–Kier alpha value is -2.39. The standard InChI is InChI=1S/C26H35N2O/c1-7-28(17-18-29-8-2)22-15-13-21(20(3)19-22)14-16-25-26(4,5)23-11-9-10-12-24(23)27(25)6/h9-16,19H,7-8,17-18H2,1-6H3/q+1. The quantitative estimate of drug-likeness (QED) is 0.431. The van der Waals surface area contributed by atoms with Crippen LogP contribution in [-0.4, -0.2) is 43.6 Å². The van der Waals surface area contributed by atoms with Crippen molar-refractivity contribution in [3.05, 3.63) is 65.2 Å². The van der Waals surface area contributed by atoms with Gasteiger partial charge in [0.25, 0.3) is 0 Å². The summed E-state index contributed by atoms with van der Waals surface area (Å²) in [5, 5.41) is 0. The summed E-state index contributed by atoms with van der Waals surface area (Å²) in [5.41, 5.74) is 7.86. The van der Waals surface area contributed by atoms with Gasteiger partial charge in [0.2, 0.25) is 5.69 Å². The highest BCUT2D eigenvalue weighted by atomic mass is 16.5. The molecule has 1 heterocycles. The molecule has 2 aromatic carbocycles. The largest absolute Gasteiger partial charge is 0.380 e. The van der Waals surface area contributed by atoms with Crippen molar-refractivity contribution in [2.75, 3.05) is 38.3 Å². The number of likely N-dealkylation sites (N-methyl/N-ethyl adjacent to an activating group) is 1. The zero-order chi connectivity index (χ0) is 21.0. The van der Waals surface area contributed by atoms with Crippen LogP contribution in [0.4, 0.5) is 11.4 Å². The molecule has 2 aromatic rings. The minimum atomic E-state index is 0.00791. The number of benzene rings is 2. The van der Waals surface area contributed by atoms with Crippen LogP contribution in [0.5, 0.6) is 0 Å². The topological polar surface area (TPSA) is 15.5 Å². The highest BCUT2D eigenvalue weighted by Crippen LogP contribution is 2.39. The Morgan fingerprint density at radius 1 is 1.07 bits per heavy atom. The van der Waals surface area contributed by atoms with Crippen molar-refractivity contribution in [3.63, 3.8) is 0 Å². The Morgan fingerprint density at radius 3 is 2.48 bits per heavy atom. The molecular weight excluding hydrogens is 356 g/mol. The third-order valence-corrected chi connectivity index (χ3v) is 6.07. The smallest absolute Gasteiger partial charge is 0.209 e. The maximum absolute atomic E-state index is 5.53. The van der Waals surface area contributed by atoms with Gasteiger partial charge in [0.05, 0.1) is 12.0 Å². The summed E-state index contributed by atoms with van der Waals surface area (Å²) in [6.07, 6.45) is 4.55. The lowest BCUT2D eigenvalue weighted by Gasteiger charge is -2.23. The summed E-state index contributed by atoms with van der Waals surface area (Å²) < 4.78 is 7.85. The summed E-state index contributed by atoms with van der Waals surface area (Å²) in [5.74, 6) is 0. The summed E-state index contributed by atoms with van der Waals surface area (Å²) in [4.78, 5) is 2.37. The van der Waals surface area contributed by atoms with Crippen LogP contribution < -0.4 is 4.90 Å². The van der Waals surface area contributed by atoms with Gasteiger partial charge in [-0.25, -0.2) is 0 Å². The Bertz CT molecular complexity index is 924. The van der Waals surface area contributed by atoms with E-state index in [-0.39, 0.29) is 5.41 Å². The predicted octanol–water partition coefficient (Wildman–Crippen LogP) is 5.58. The zero-order valence-electron chi connectivity index (χ0n) is 18.8. The van der Waals surface area contributed by atoms with E-state index >= 15 is 0 Å². The Morgan fingerprint density at radius 2 is 1.83 bits per heavy atom. The highest BCUT2D eigenvalue weighted by Gasteiger charge is 2.42. The van der Waals surface area contributed by atoms with E-state index < -0.39 is 0 Å². The average molecular weight is 392 g/mol. The van der Waals surface area contributed by atoms with Gasteiger partial charge in [-0.2, -0.15) is 4.58 Å². The number of fused-ring (bicyclic) bond motifs is 1. The van der Waals surface area contributed by atoms with Crippen LogP contribution in [0.15, 0.2) is 48.5 Å². The second-order valence-electron chi connectivity index (χ2n) is 8.24. The molecule has 0 saturated carbocycles. The molecule has 0 amide bonds. The van der Waals surface area contributed by atoms with Crippen LogP contribution in [0.25, 0.3) is 6.08 Å². The fourth-order valence-corrected chi connectivity index (χ4v) is 4.30. The second-order valence-corrected chi connectivity index (χ2v) is 8.24. The SMILES string of the molecule is CCOCCN(CC)c1ccc(/C=C/C2=[N+](C)c3ccccc3C2(C)C)c(C)c1. The molecule has 3 rings (SSSR count). The van der Waals surface area contributed by atoms with E-state index in [4.69, 9.17) is 4.74 Å². The number of allylic oxidation sites excluding steroid dienone is 1. The van der Waals surface area contributed by atoms with Gasteiger partial charge in [0.1, 0.15) is 7.05 Å². The Labute approximate surface area is 176 Å². The molecule has 3 nitrogen and oxygen atoms in total. The summed E-state index contributed by atoms with van der Waals surface area (Å²) in [6.45, 7) is 14.5. The lowest BCUT2D eigenvalue weighted by molar-refractivity contribution is -0.401. The first-order valence-electron chi connectivity index (χ1n) is 10.7. The van der Waals surface area contributed by atoms with Gasteiger partial charge >= 0.3 is 0 Å². The average Bonchev–Trinajstić information content (AvgIpc) is 2.91. The van der Waals surface area contributed by atoms with Gasteiger partial charge in [-0.05, 0) is 64.0 Å². The molecule has 0 aromatic heterocycles. The number of hydrogen-bond donors (Lipinski definition) is 0. The highest BCUT2D eigenvalue weighted by molar-refractivity contribution is 6.05. The van der Waals surface area contributed by atoms with Crippen molar-refractivity contribution < 1.29 is 9.31 Å². The summed E-state index contributed by atoms with van der Waals surface area (Å²) >= 11 is 0. The van der Waals surface area contributed by atoms with Gasteiger partial charge < -0.3 is 9.64 Å². The number of aryl methyl sites for hydroxylation is 1. The van der Waals surface area contributed by atoms with Crippen LogP contribution in [0.2, 0.25) is 0 Å². The van der Waals surface area contributed by atoms with E-state index in [1.165, 1.54) is 33.8 Å². The van der Waals surface area contributed by atoms with Crippen molar-refractivity contribution in [1.82, 2.24) is 0 Å². The predicted molar refractivity (Wildman–Crippen MR) is 125 cm³/mol. The van der Waals surface area contributed by atoms with E-state index in [1.807, 2.05) is 6.92 Å². The molecule has 0 N–H and O–H groups in total. The molecule has 0 atom stereocenters. The molecule has 0 saturated heterocycles. The van der Waals surface area contributed by atoms with E-state index in [1.54, 1.807) is 0 Å². The molecule has 0 aliphatic carbocycles. The van der Waals surface area contributed by atoms with E-state index in [0.29, 0.717) is 0 Å². The molecule has 0 fully saturated rings. The molecular formula is C26H35N2O+. The summed E-state index contributed by atoms with van der Waals surface area (Å²) in [7, 11) is 2.17. The van der Waals surface area contributed by atoms with Crippen LogP contribution in [-0.2, 0) is 10.2 Å². The molecule has 0 bridgehead atoms. The van der Waals surface area contributed by atoms with Crippen LogP contribution in [0.1, 0.15) is 44.4 Å². The van der Waals surface area contributed by atoms with E-state index in [9.17, 15) is 0 Å². The van der Waals surface area contributed by atoms with Crippen molar-refractivity contribution in [1.29, 1.82) is 0 Å².